The number of hydrogen-bond donors (Lipinski definition) is 3. The topological polar surface area (TPSA) is 78.4 Å². The highest BCUT2D eigenvalue weighted by Gasteiger charge is 2.39. The molecule has 0 aromatic rings. The van der Waals surface area contributed by atoms with E-state index in [1.807, 2.05) is 0 Å². The number of carbonyl (C=O) groups excluding carboxylic acids is 1. The monoisotopic (exact) mass is 254 g/mol. The van der Waals surface area contributed by atoms with Crippen LogP contribution in [0.4, 0.5) is 0 Å². The molecule has 0 bridgehead atoms. The van der Waals surface area contributed by atoms with Crippen LogP contribution in [0.25, 0.3) is 0 Å². The third kappa shape index (κ3) is 3.45. The van der Waals surface area contributed by atoms with Crippen LogP contribution in [0.15, 0.2) is 0 Å². The van der Waals surface area contributed by atoms with Crippen LogP contribution in [-0.4, -0.2) is 36.1 Å². The Bertz CT molecular complexity index is 320. The molecule has 0 radical (unpaired) electrons. The maximum atomic E-state index is 11.6. The smallest absolute Gasteiger partial charge is 0.311 e. The van der Waals surface area contributed by atoms with E-state index < -0.39 is 11.4 Å². The van der Waals surface area contributed by atoms with Gasteiger partial charge in [0.2, 0.25) is 5.91 Å². The quantitative estimate of drug-likeness (QED) is 0.658. The van der Waals surface area contributed by atoms with Gasteiger partial charge in [-0.15, -0.1) is 0 Å². The van der Waals surface area contributed by atoms with E-state index in [9.17, 15) is 14.7 Å². The molecular weight excluding hydrogens is 232 g/mol. The van der Waals surface area contributed by atoms with Crippen molar-refractivity contribution in [2.45, 2.75) is 51.0 Å². The molecule has 0 heterocycles. The minimum absolute atomic E-state index is 0.0897. The molecule has 0 aromatic carbocycles. The fourth-order valence-corrected chi connectivity index (χ4v) is 2.55. The SMILES string of the molecule is O=C(CNC1CC1)NCC1(C(=O)O)CCCCC1. The molecule has 0 atom stereocenters. The van der Waals surface area contributed by atoms with Crippen LogP contribution in [0.2, 0.25) is 0 Å². The molecular formula is C13H22N2O3. The maximum Gasteiger partial charge on any atom is 0.311 e. The van der Waals surface area contributed by atoms with Gasteiger partial charge >= 0.3 is 5.97 Å². The summed E-state index contributed by atoms with van der Waals surface area (Å²) in [5.74, 6) is -0.856. The summed E-state index contributed by atoms with van der Waals surface area (Å²) in [7, 11) is 0. The molecule has 0 aliphatic heterocycles. The first-order chi connectivity index (χ1) is 8.62. The van der Waals surface area contributed by atoms with Crippen LogP contribution >= 0.6 is 0 Å². The van der Waals surface area contributed by atoms with Gasteiger partial charge in [-0.2, -0.15) is 0 Å². The van der Waals surface area contributed by atoms with E-state index in [4.69, 9.17) is 0 Å². The van der Waals surface area contributed by atoms with E-state index in [2.05, 4.69) is 10.6 Å². The van der Waals surface area contributed by atoms with Crippen molar-refractivity contribution < 1.29 is 14.7 Å². The van der Waals surface area contributed by atoms with Crippen LogP contribution < -0.4 is 10.6 Å². The van der Waals surface area contributed by atoms with Gasteiger partial charge in [0.05, 0.1) is 12.0 Å². The second-order valence-corrected chi connectivity index (χ2v) is 5.58. The van der Waals surface area contributed by atoms with Gasteiger partial charge in [0.25, 0.3) is 0 Å². The number of amides is 1. The molecule has 102 valence electrons. The first-order valence-electron chi connectivity index (χ1n) is 6.86. The zero-order valence-corrected chi connectivity index (χ0v) is 10.7. The first kappa shape index (κ1) is 13.3. The largest absolute Gasteiger partial charge is 0.481 e. The molecule has 2 fully saturated rings. The Labute approximate surface area is 107 Å². The molecule has 5 heteroatoms. The molecule has 0 spiro atoms. The summed E-state index contributed by atoms with van der Waals surface area (Å²) in [6, 6.07) is 0.499. The lowest BCUT2D eigenvalue weighted by molar-refractivity contribution is -0.151. The summed E-state index contributed by atoms with van der Waals surface area (Å²) in [5.41, 5.74) is -0.729. The third-order valence-electron chi connectivity index (χ3n) is 4.02. The van der Waals surface area contributed by atoms with Gasteiger partial charge in [-0.1, -0.05) is 19.3 Å². The van der Waals surface area contributed by atoms with E-state index >= 15 is 0 Å². The maximum absolute atomic E-state index is 11.6. The lowest BCUT2D eigenvalue weighted by atomic mass is 9.74. The first-order valence-corrected chi connectivity index (χ1v) is 6.86. The van der Waals surface area contributed by atoms with Crippen LogP contribution in [0.5, 0.6) is 0 Å². The highest BCUT2D eigenvalue weighted by molar-refractivity contribution is 5.80. The normalized spacial score (nSPS) is 22.4. The number of hydrogen-bond acceptors (Lipinski definition) is 3. The highest BCUT2D eigenvalue weighted by Crippen LogP contribution is 2.35. The molecule has 18 heavy (non-hydrogen) atoms. The molecule has 1 amide bonds. The third-order valence-corrected chi connectivity index (χ3v) is 4.02. The molecule has 2 aliphatic rings. The van der Waals surface area contributed by atoms with Gasteiger partial charge in [0, 0.05) is 12.6 Å². The van der Waals surface area contributed by atoms with Gasteiger partial charge in [-0.05, 0) is 25.7 Å². The highest BCUT2D eigenvalue weighted by atomic mass is 16.4. The summed E-state index contributed by atoms with van der Waals surface area (Å²) in [4.78, 5) is 23.0. The Hall–Kier alpha value is -1.10. The van der Waals surface area contributed by atoms with Crippen molar-refractivity contribution in [2.75, 3.05) is 13.1 Å². The number of nitrogens with one attached hydrogen (secondary N) is 2. The van der Waals surface area contributed by atoms with Gasteiger partial charge < -0.3 is 15.7 Å². The van der Waals surface area contributed by atoms with Gasteiger partial charge in [0.1, 0.15) is 0 Å². The number of carboxylic acids is 1. The molecule has 2 rings (SSSR count). The van der Waals surface area contributed by atoms with Crippen molar-refractivity contribution in [3.63, 3.8) is 0 Å². The lowest BCUT2D eigenvalue weighted by Gasteiger charge is -2.33. The van der Waals surface area contributed by atoms with E-state index in [0.717, 1.165) is 32.1 Å². The summed E-state index contributed by atoms with van der Waals surface area (Å²) in [6.07, 6.45) is 6.65. The number of rotatable bonds is 6. The average Bonchev–Trinajstić information content (AvgIpc) is 3.19. The fraction of sp³-hybridized carbons (Fsp3) is 0.846. The predicted molar refractivity (Wildman–Crippen MR) is 67.2 cm³/mol. The summed E-state index contributed by atoms with van der Waals surface area (Å²) in [5, 5.41) is 15.3. The van der Waals surface area contributed by atoms with Gasteiger partial charge in [-0.3, -0.25) is 9.59 Å². The minimum Gasteiger partial charge on any atom is -0.481 e. The van der Waals surface area contributed by atoms with Crippen LogP contribution in [0.1, 0.15) is 44.9 Å². The summed E-state index contributed by atoms with van der Waals surface area (Å²) in [6.45, 7) is 0.577. The lowest BCUT2D eigenvalue weighted by Crippen LogP contribution is -2.46. The second-order valence-electron chi connectivity index (χ2n) is 5.58. The van der Waals surface area contributed by atoms with E-state index in [1.54, 1.807) is 0 Å². The molecule has 2 aliphatic carbocycles. The fourth-order valence-electron chi connectivity index (χ4n) is 2.55. The van der Waals surface area contributed by atoms with Gasteiger partial charge in [0.15, 0.2) is 0 Å². The van der Waals surface area contributed by atoms with Crippen molar-refractivity contribution in [1.29, 1.82) is 0 Å². The van der Waals surface area contributed by atoms with Crippen molar-refractivity contribution >= 4 is 11.9 Å². The molecule has 0 aromatic heterocycles. The summed E-state index contributed by atoms with van der Waals surface area (Å²) >= 11 is 0. The molecule has 0 saturated heterocycles. The standard InChI is InChI=1S/C13H22N2O3/c16-11(8-14-10-4-5-10)15-9-13(12(17)18)6-2-1-3-7-13/h10,14H,1-9H2,(H,15,16)(H,17,18). The minimum atomic E-state index is -0.766. The Balaban J connectivity index is 1.77. The van der Waals surface area contributed by atoms with E-state index in [0.29, 0.717) is 25.4 Å². The predicted octanol–water partition coefficient (Wildman–Crippen LogP) is 0.890. The molecule has 5 nitrogen and oxygen atoms in total. The zero-order chi connectivity index (χ0) is 13.0. The van der Waals surface area contributed by atoms with Crippen molar-refractivity contribution in [1.82, 2.24) is 10.6 Å². The zero-order valence-electron chi connectivity index (χ0n) is 10.7. The van der Waals surface area contributed by atoms with Crippen LogP contribution in [0, 0.1) is 5.41 Å². The summed E-state index contributed by atoms with van der Waals surface area (Å²) < 4.78 is 0. The van der Waals surface area contributed by atoms with Crippen LogP contribution in [-0.2, 0) is 9.59 Å². The molecule has 0 unspecified atom stereocenters. The van der Waals surface area contributed by atoms with Crippen molar-refractivity contribution in [2.24, 2.45) is 5.41 Å². The van der Waals surface area contributed by atoms with Crippen molar-refractivity contribution in [3.8, 4) is 0 Å². The van der Waals surface area contributed by atoms with Crippen molar-refractivity contribution in [3.05, 3.63) is 0 Å². The Morgan fingerprint density at radius 2 is 1.83 bits per heavy atom. The van der Waals surface area contributed by atoms with Crippen LogP contribution in [0.3, 0.4) is 0 Å². The molecule has 2 saturated carbocycles. The number of carboxylic acid groups (broad SMARTS) is 1. The van der Waals surface area contributed by atoms with Gasteiger partial charge in [-0.25, -0.2) is 0 Å². The number of carbonyl (C=O) groups is 2. The Morgan fingerprint density at radius 1 is 1.17 bits per heavy atom. The molecule has 3 N–H and O–H groups in total. The average molecular weight is 254 g/mol. The Morgan fingerprint density at radius 3 is 2.39 bits per heavy atom. The van der Waals surface area contributed by atoms with E-state index in [-0.39, 0.29) is 12.5 Å². The Kier molecular flexibility index (Phi) is 4.22. The van der Waals surface area contributed by atoms with E-state index in [1.165, 1.54) is 0 Å². The second kappa shape index (κ2) is 5.69. The number of aliphatic carboxylic acids is 1.